The quantitative estimate of drug-likeness (QED) is 0.593. The Hall–Kier alpha value is -2.09. The number of hydrogen-bond acceptors (Lipinski definition) is 4. The van der Waals surface area contributed by atoms with Gasteiger partial charge in [-0.1, -0.05) is 29.3 Å². The molecule has 1 fully saturated rings. The summed E-state index contributed by atoms with van der Waals surface area (Å²) >= 11 is 12.4. The second-order valence-corrected chi connectivity index (χ2v) is 7.07. The molecule has 1 saturated heterocycles. The first-order valence-electron chi connectivity index (χ1n) is 8.06. The van der Waals surface area contributed by atoms with Crippen molar-refractivity contribution in [2.45, 2.75) is 18.3 Å². The minimum Gasteiger partial charge on any atom is -0.381 e. The molecule has 2 heterocycles. The highest BCUT2D eigenvalue weighted by Gasteiger charge is 2.36. The summed E-state index contributed by atoms with van der Waals surface area (Å²) in [4.78, 5) is 25.2. The predicted molar refractivity (Wildman–Crippen MR) is 98.0 cm³/mol. The van der Waals surface area contributed by atoms with Gasteiger partial charge >= 0.3 is 0 Å². The van der Waals surface area contributed by atoms with E-state index in [0.717, 1.165) is 5.56 Å². The van der Waals surface area contributed by atoms with Crippen LogP contribution in [0.1, 0.15) is 28.9 Å². The molecule has 1 aliphatic rings. The second kappa shape index (κ2) is 7.65. The number of nitrogens with zero attached hydrogens (tertiary/aromatic N) is 1. The zero-order chi connectivity index (χ0) is 18.7. The first-order chi connectivity index (χ1) is 12.4. The number of ether oxygens (including phenoxy) is 1. The summed E-state index contributed by atoms with van der Waals surface area (Å²) in [7, 11) is 0. The molecule has 138 valence electrons. The fourth-order valence-electron chi connectivity index (χ4n) is 3.19. The molecule has 1 aromatic carbocycles. The van der Waals surface area contributed by atoms with E-state index in [9.17, 15) is 14.9 Å². The van der Waals surface area contributed by atoms with Crippen molar-refractivity contribution in [3.05, 3.63) is 61.9 Å². The average molecular weight is 398 g/mol. The maximum absolute atomic E-state index is 12.4. The summed E-state index contributed by atoms with van der Waals surface area (Å²) in [5, 5.41) is 14.7. The minimum absolute atomic E-state index is 0.140. The second-order valence-electron chi connectivity index (χ2n) is 6.23. The van der Waals surface area contributed by atoms with Crippen molar-refractivity contribution in [3.8, 4) is 0 Å². The monoisotopic (exact) mass is 397 g/mol. The summed E-state index contributed by atoms with van der Waals surface area (Å²) in [6.45, 7) is 1.45. The number of aromatic amines is 1. The van der Waals surface area contributed by atoms with Crippen LogP contribution in [0, 0.1) is 10.1 Å². The lowest BCUT2D eigenvalue weighted by Gasteiger charge is -2.38. The highest BCUT2D eigenvalue weighted by Crippen LogP contribution is 2.39. The van der Waals surface area contributed by atoms with Gasteiger partial charge in [-0.3, -0.25) is 14.9 Å². The van der Waals surface area contributed by atoms with Crippen molar-refractivity contribution in [1.82, 2.24) is 10.3 Å². The number of rotatable bonds is 5. The van der Waals surface area contributed by atoms with Crippen LogP contribution in [0.3, 0.4) is 0 Å². The third-order valence-corrected chi connectivity index (χ3v) is 5.21. The van der Waals surface area contributed by atoms with Crippen LogP contribution in [0.2, 0.25) is 10.0 Å². The van der Waals surface area contributed by atoms with Crippen LogP contribution in [0.15, 0.2) is 30.5 Å². The molecule has 0 aliphatic carbocycles. The molecule has 2 aromatic rings. The van der Waals surface area contributed by atoms with E-state index in [4.69, 9.17) is 27.9 Å². The largest absolute Gasteiger partial charge is 0.381 e. The molecular formula is C17H17Cl2N3O4. The number of aromatic nitrogens is 1. The van der Waals surface area contributed by atoms with E-state index < -0.39 is 10.8 Å². The molecule has 0 saturated carbocycles. The van der Waals surface area contributed by atoms with E-state index in [-0.39, 0.29) is 16.8 Å². The summed E-state index contributed by atoms with van der Waals surface area (Å²) in [5.74, 6) is -0.408. The van der Waals surface area contributed by atoms with Gasteiger partial charge in [0.2, 0.25) is 0 Å². The van der Waals surface area contributed by atoms with Crippen LogP contribution >= 0.6 is 23.2 Å². The summed E-state index contributed by atoms with van der Waals surface area (Å²) in [5.41, 5.74) is 0.510. The average Bonchev–Trinajstić information content (AvgIpc) is 3.11. The van der Waals surface area contributed by atoms with Crippen LogP contribution in [0.4, 0.5) is 5.69 Å². The Morgan fingerprint density at radius 2 is 2.04 bits per heavy atom. The predicted octanol–water partition coefficient (Wildman–Crippen LogP) is 3.71. The molecule has 0 unspecified atom stereocenters. The molecule has 3 rings (SSSR count). The van der Waals surface area contributed by atoms with Gasteiger partial charge in [0.15, 0.2) is 0 Å². The van der Waals surface area contributed by atoms with E-state index in [1.54, 1.807) is 12.1 Å². The van der Waals surface area contributed by atoms with Gasteiger partial charge in [0, 0.05) is 41.3 Å². The Morgan fingerprint density at radius 1 is 1.31 bits per heavy atom. The number of nitrogens with one attached hydrogen (secondary N) is 2. The number of benzene rings is 1. The van der Waals surface area contributed by atoms with Gasteiger partial charge in [-0.25, -0.2) is 0 Å². The van der Waals surface area contributed by atoms with Crippen molar-refractivity contribution < 1.29 is 14.5 Å². The highest BCUT2D eigenvalue weighted by molar-refractivity contribution is 6.35. The Balaban J connectivity index is 1.80. The van der Waals surface area contributed by atoms with Crippen LogP contribution in [-0.4, -0.2) is 35.6 Å². The maximum atomic E-state index is 12.4. The van der Waals surface area contributed by atoms with Gasteiger partial charge in [0.1, 0.15) is 5.69 Å². The van der Waals surface area contributed by atoms with Crippen molar-refractivity contribution in [3.63, 3.8) is 0 Å². The van der Waals surface area contributed by atoms with E-state index >= 15 is 0 Å². The fourth-order valence-corrected chi connectivity index (χ4v) is 3.80. The molecular weight excluding hydrogens is 381 g/mol. The van der Waals surface area contributed by atoms with Gasteiger partial charge in [0.25, 0.3) is 11.6 Å². The third-order valence-electron chi connectivity index (χ3n) is 4.66. The molecule has 0 atom stereocenters. The van der Waals surface area contributed by atoms with Crippen molar-refractivity contribution in [2.24, 2.45) is 0 Å². The molecule has 2 N–H and O–H groups in total. The van der Waals surface area contributed by atoms with E-state index in [2.05, 4.69) is 10.3 Å². The van der Waals surface area contributed by atoms with Crippen LogP contribution < -0.4 is 5.32 Å². The van der Waals surface area contributed by atoms with Gasteiger partial charge < -0.3 is 15.0 Å². The fraction of sp³-hybridized carbons (Fsp3) is 0.353. The first-order valence-corrected chi connectivity index (χ1v) is 8.81. The first kappa shape index (κ1) is 18.7. The summed E-state index contributed by atoms with van der Waals surface area (Å²) in [6.07, 6.45) is 2.58. The number of H-pyrrole nitrogens is 1. The highest BCUT2D eigenvalue weighted by atomic mass is 35.5. The summed E-state index contributed by atoms with van der Waals surface area (Å²) < 4.78 is 5.47. The van der Waals surface area contributed by atoms with Gasteiger partial charge in [-0.15, -0.1) is 0 Å². The molecule has 1 aliphatic heterocycles. The lowest BCUT2D eigenvalue weighted by molar-refractivity contribution is -0.384. The Labute approximate surface area is 159 Å². The molecule has 0 radical (unpaired) electrons. The molecule has 1 aromatic heterocycles. The number of amides is 1. The van der Waals surface area contributed by atoms with Crippen molar-refractivity contribution >= 4 is 34.8 Å². The molecule has 26 heavy (non-hydrogen) atoms. The van der Waals surface area contributed by atoms with Crippen molar-refractivity contribution in [1.29, 1.82) is 0 Å². The van der Waals surface area contributed by atoms with E-state index in [0.29, 0.717) is 42.6 Å². The zero-order valence-corrected chi connectivity index (χ0v) is 15.3. The van der Waals surface area contributed by atoms with Gasteiger partial charge in [-0.05, 0) is 30.5 Å². The smallest absolute Gasteiger partial charge is 0.287 e. The van der Waals surface area contributed by atoms with E-state index in [1.807, 2.05) is 6.07 Å². The Bertz CT molecular complexity index is 831. The molecule has 1 amide bonds. The van der Waals surface area contributed by atoms with Crippen LogP contribution in [-0.2, 0) is 10.2 Å². The number of carbonyl (C=O) groups is 1. The third kappa shape index (κ3) is 3.85. The lowest BCUT2D eigenvalue weighted by Crippen LogP contribution is -2.44. The molecule has 0 spiro atoms. The standard InChI is InChI=1S/C17H17Cl2N3O4/c18-11-1-2-13(14(19)7-11)17(3-5-26-6-4-17)10-21-16(23)15-8-12(9-20-15)22(24)25/h1-2,7-9,20H,3-6,10H2,(H,21,23). The van der Waals surface area contributed by atoms with Crippen LogP contribution in [0.5, 0.6) is 0 Å². The normalized spacial score (nSPS) is 16.2. The maximum Gasteiger partial charge on any atom is 0.287 e. The Kier molecular flexibility index (Phi) is 5.50. The SMILES string of the molecule is O=C(NCC1(c2ccc(Cl)cc2Cl)CCOCC1)c1cc([N+](=O)[O-])c[nH]1. The topological polar surface area (TPSA) is 97.3 Å². The van der Waals surface area contributed by atoms with Crippen LogP contribution in [0.25, 0.3) is 0 Å². The summed E-state index contributed by atoms with van der Waals surface area (Å²) in [6, 6.07) is 6.55. The molecule has 9 heteroatoms. The number of halogens is 2. The molecule has 7 nitrogen and oxygen atoms in total. The number of carbonyl (C=O) groups excluding carboxylic acids is 1. The number of hydrogen-bond donors (Lipinski definition) is 2. The number of nitro groups is 1. The molecule has 0 bridgehead atoms. The minimum atomic E-state index is -0.555. The van der Waals surface area contributed by atoms with Crippen molar-refractivity contribution in [2.75, 3.05) is 19.8 Å². The van der Waals surface area contributed by atoms with E-state index in [1.165, 1.54) is 12.3 Å². The lowest BCUT2D eigenvalue weighted by atomic mass is 9.74. The van der Waals surface area contributed by atoms with Gasteiger partial charge in [0.05, 0.1) is 11.1 Å². The zero-order valence-electron chi connectivity index (χ0n) is 13.8. The van der Waals surface area contributed by atoms with Gasteiger partial charge in [-0.2, -0.15) is 0 Å². The Morgan fingerprint density at radius 3 is 2.65 bits per heavy atom.